The van der Waals surface area contributed by atoms with Gasteiger partial charge in [0.2, 0.25) is 5.91 Å². The van der Waals surface area contributed by atoms with Crippen LogP contribution in [0.5, 0.6) is 0 Å². The van der Waals surface area contributed by atoms with Crippen molar-refractivity contribution < 1.29 is 22.7 Å². The monoisotopic (exact) mass is 183 g/mol. The maximum Gasteiger partial charge on any atom is 0.414 e. The molecule has 1 N–H and O–H groups in total. The minimum absolute atomic E-state index is 0.0169. The summed E-state index contributed by atoms with van der Waals surface area (Å²) in [4.78, 5) is 10.6. The maximum atomic E-state index is 12.0. The number of halogens is 3. The fraction of sp³-hybridized carbons (Fsp3) is 0.833. The Balaban J connectivity index is 2.52. The summed E-state index contributed by atoms with van der Waals surface area (Å²) in [5, 5.41) is 2.28. The Hall–Kier alpha value is -0.780. The first-order valence-corrected chi connectivity index (χ1v) is 3.45. The van der Waals surface area contributed by atoms with Crippen LogP contribution in [0.15, 0.2) is 0 Å². The molecule has 6 heteroatoms. The van der Waals surface area contributed by atoms with Crippen LogP contribution in [0.1, 0.15) is 6.42 Å². The highest BCUT2D eigenvalue weighted by Gasteiger charge is 2.41. The summed E-state index contributed by atoms with van der Waals surface area (Å²) in [6.07, 6.45) is -6.39. The van der Waals surface area contributed by atoms with Crippen molar-refractivity contribution in [1.29, 1.82) is 0 Å². The van der Waals surface area contributed by atoms with Crippen LogP contribution in [0, 0.1) is 0 Å². The van der Waals surface area contributed by atoms with E-state index in [0.717, 1.165) is 0 Å². The molecule has 0 aromatic heterocycles. The summed E-state index contributed by atoms with van der Waals surface area (Å²) in [5.74, 6) is -0.498. The van der Waals surface area contributed by atoms with E-state index in [0.29, 0.717) is 0 Å². The van der Waals surface area contributed by atoms with E-state index in [-0.39, 0.29) is 13.0 Å². The van der Waals surface area contributed by atoms with Gasteiger partial charge in [-0.25, -0.2) is 0 Å². The molecule has 1 atom stereocenters. The van der Waals surface area contributed by atoms with E-state index in [1.807, 2.05) is 0 Å². The molecule has 12 heavy (non-hydrogen) atoms. The summed E-state index contributed by atoms with van der Waals surface area (Å²) < 4.78 is 40.3. The van der Waals surface area contributed by atoms with Crippen LogP contribution < -0.4 is 5.32 Å². The molecule has 1 amide bonds. The Morgan fingerprint density at radius 1 is 1.50 bits per heavy atom. The van der Waals surface area contributed by atoms with Crippen LogP contribution in [-0.2, 0) is 9.53 Å². The van der Waals surface area contributed by atoms with Crippen molar-refractivity contribution in [2.45, 2.75) is 18.7 Å². The van der Waals surface area contributed by atoms with Gasteiger partial charge in [0.15, 0.2) is 6.10 Å². The number of nitrogens with one attached hydrogen (secondary N) is 1. The topological polar surface area (TPSA) is 38.3 Å². The van der Waals surface area contributed by atoms with Gasteiger partial charge in [-0.2, -0.15) is 13.2 Å². The van der Waals surface area contributed by atoms with Gasteiger partial charge in [-0.3, -0.25) is 4.79 Å². The number of rotatable bonds is 0. The van der Waals surface area contributed by atoms with Gasteiger partial charge in [-0.1, -0.05) is 0 Å². The first-order valence-electron chi connectivity index (χ1n) is 3.45. The molecule has 0 radical (unpaired) electrons. The molecular weight excluding hydrogens is 175 g/mol. The van der Waals surface area contributed by atoms with Crippen LogP contribution in [0.25, 0.3) is 0 Å². The third-order valence-electron chi connectivity index (χ3n) is 1.51. The molecule has 1 rings (SSSR count). The molecule has 1 aliphatic rings. The van der Waals surface area contributed by atoms with Gasteiger partial charge in [-0.15, -0.1) is 0 Å². The second kappa shape index (κ2) is 3.30. The van der Waals surface area contributed by atoms with Crippen molar-refractivity contribution in [2.24, 2.45) is 0 Å². The zero-order valence-corrected chi connectivity index (χ0v) is 6.15. The van der Waals surface area contributed by atoms with E-state index in [9.17, 15) is 18.0 Å². The molecule has 1 fully saturated rings. The fourth-order valence-electron chi connectivity index (χ4n) is 0.911. The highest BCUT2D eigenvalue weighted by molar-refractivity contribution is 5.77. The summed E-state index contributed by atoms with van der Waals surface area (Å²) >= 11 is 0. The SMILES string of the molecule is O=C1COC(C(F)(F)F)CCN1. The van der Waals surface area contributed by atoms with Gasteiger partial charge in [0.05, 0.1) is 0 Å². The molecule has 3 nitrogen and oxygen atoms in total. The zero-order valence-electron chi connectivity index (χ0n) is 6.15. The van der Waals surface area contributed by atoms with Gasteiger partial charge in [0.1, 0.15) is 6.61 Å². The predicted octanol–water partition coefficient (Wildman–Crippen LogP) is 0.454. The number of amides is 1. The van der Waals surface area contributed by atoms with Crippen molar-refractivity contribution in [3.8, 4) is 0 Å². The van der Waals surface area contributed by atoms with Crippen molar-refractivity contribution in [1.82, 2.24) is 5.32 Å². The van der Waals surface area contributed by atoms with Gasteiger partial charge in [-0.05, 0) is 6.42 Å². The molecule has 0 aromatic carbocycles. The molecule has 0 saturated carbocycles. The lowest BCUT2D eigenvalue weighted by Crippen LogP contribution is -2.32. The van der Waals surface area contributed by atoms with E-state index in [1.165, 1.54) is 0 Å². The standard InChI is InChI=1S/C6H8F3NO2/c7-6(8,9)4-1-2-10-5(11)3-12-4/h4H,1-3H2,(H,10,11). The molecule has 1 aliphatic heterocycles. The Labute approximate surface area is 66.9 Å². The summed E-state index contributed by atoms with van der Waals surface area (Å²) in [6, 6.07) is 0. The summed E-state index contributed by atoms with van der Waals surface area (Å²) in [5.41, 5.74) is 0. The average molecular weight is 183 g/mol. The largest absolute Gasteiger partial charge is 0.414 e. The van der Waals surface area contributed by atoms with Crippen LogP contribution in [0.2, 0.25) is 0 Å². The van der Waals surface area contributed by atoms with Crippen molar-refractivity contribution in [2.75, 3.05) is 13.2 Å². The van der Waals surface area contributed by atoms with Crippen LogP contribution in [0.4, 0.5) is 13.2 Å². The average Bonchev–Trinajstić information content (AvgIpc) is 2.11. The molecule has 1 saturated heterocycles. The highest BCUT2D eigenvalue weighted by atomic mass is 19.4. The predicted molar refractivity (Wildman–Crippen MR) is 33.4 cm³/mol. The first kappa shape index (κ1) is 9.31. The van der Waals surface area contributed by atoms with E-state index >= 15 is 0 Å². The maximum absolute atomic E-state index is 12.0. The molecule has 1 unspecified atom stereocenters. The second-order valence-electron chi connectivity index (χ2n) is 2.48. The Kier molecular flexibility index (Phi) is 2.56. The molecule has 0 spiro atoms. The number of hydrogen-bond acceptors (Lipinski definition) is 2. The lowest BCUT2D eigenvalue weighted by Gasteiger charge is -2.16. The number of alkyl halides is 3. The molecule has 70 valence electrons. The number of carbonyl (C=O) groups is 1. The molecular formula is C6H8F3NO2. The van der Waals surface area contributed by atoms with Crippen LogP contribution in [0.3, 0.4) is 0 Å². The van der Waals surface area contributed by atoms with Gasteiger partial charge in [0, 0.05) is 6.54 Å². The number of hydrogen-bond donors (Lipinski definition) is 1. The Bertz CT molecular complexity index is 180. The van der Waals surface area contributed by atoms with Crippen LogP contribution >= 0.6 is 0 Å². The van der Waals surface area contributed by atoms with Crippen molar-refractivity contribution in [3.63, 3.8) is 0 Å². The zero-order chi connectivity index (χ0) is 9.19. The smallest absolute Gasteiger partial charge is 0.359 e. The summed E-state index contributed by atoms with van der Waals surface area (Å²) in [6.45, 7) is -0.493. The lowest BCUT2D eigenvalue weighted by atomic mass is 10.2. The van der Waals surface area contributed by atoms with Gasteiger partial charge >= 0.3 is 6.18 Å². The Morgan fingerprint density at radius 2 is 2.17 bits per heavy atom. The van der Waals surface area contributed by atoms with E-state index in [4.69, 9.17) is 0 Å². The molecule has 1 heterocycles. The second-order valence-corrected chi connectivity index (χ2v) is 2.48. The minimum Gasteiger partial charge on any atom is -0.359 e. The van der Waals surface area contributed by atoms with E-state index in [2.05, 4.69) is 10.1 Å². The van der Waals surface area contributed by atoms with Crippen LogP contribution in [-0.4, -0.2) is 31.3 Å². The van der Waals surface area contributed by atoms with Gasteiger partial charge in [0.25, 0.3) is 0 Å². The third kappa shape index (κ3) is 2.37. The molecule has 0 bridgehead atoms. The molecule has 0 aliphatic carbocycles. The fourth-order valence-corrected chi connectivity index (χ4v) is 0.911. The third-order valence-corrected chi connectivity index (χ3v) is 1.51. The van der Waals surface area contributed by atoms with E-state index < -0.39 is 24.8 Å². The first-order chi connectivity index (χ1) is 5.50. The Morgan fingerprint density at radius 3 is 2.75 bits per heavy atom. The molecule has 0 aromatic rings. The van der Waals surface area contributed by atoms with Gasteiger partial charge < -0.3 is 10.1 Å². The van der Waals surface area contributed by atoms with E-state index in [1.54, 1.807) is 0 Å². The number of ether oxygens (including phenoxy) is 1. The minimum atomic E-state index is -4.37. The summed E-state index contributed by atoms with van der Waals surface area (Å²) in [7, 11) is 0. The quantitative estimate of drug-likeness (QED) is 0.592. The normalized spacial score (nSPS) is 26.2. The lowest BCUT2D eigenvalue weighted by molar-refractivity contribution is -0.218. The van der Waals surface area contributed by atoms with Crippen molar-refractivity contribution in [3.05, 3.63) is 0 Å². The van der Waals surface area contributed by atoms with Crippen molar-refractivity contribution >= 4 is 5.91 Å². The number of carbonyl (C=O) groups excluding carboxylic acids is 1. The highest BCUT2D eigenvalue weighted by Crippen LogP contribution is 2.25.